The van der Waals surface area contributed by atoms with Crippen LogP contribution in [0.5, 0.6) is 0 Å². The van der Waals surface area contributed by atoms with Gasteiger partial charge in [0.25, 0.3) is 0 Å². The van der Waals surface area contributed by atoms with Crippen molar-refractivity contribution in [2.45, 2.75) is 13.8 Å². The molecule has 0 saturated carbocycles. The van der Waals surface area contributed by atoms with E-state index in [0.29, 0.717) is 5.89 Å². The van der Waals surface area contributed by atoms with Gasteiger partial charge >= 0.3 is 127 Å². The molecule has 1 aromatic carbocycles. The van der Waals surface area contributed by atoms with Crippen LogP contribution in [-0.2, 0) is 32.5 Å². The van der Waals surface area contributed by atoms with Gasteiger partial charge < -0.3 is 0 Å². The summed E-state index contributed by atoms with van der Waals surface area (Å²) in [4.78, 5) is 15.3. The molecular weight excluding hydrogens is 487 g/mol. The van der Waals surface area contributed by atoms with Gasteiger partial charge in [-0.25, -0.2) is 0 Å². The molecule has 0 unspecified atom stereocenters. The van der Waals surface area contributed by atoms with E-state index >= 15 is 0 Å². The van der Waals surface area contributed by atoms with Crippen LogP contribution in [-0.4, -0.2) is 11.0 Å². The number of carbonyl (C=O) groups is 1. The number of benzene rings is 1. The van der Waals surface area contributed by atoms with Gasteiger partial charge in [0.15, 0.2) is 0 Å². The molecule has 0 bridgehead atoms. The summed E-state index contributed by atoms with van der Waals surface area (Å²) in [6, 6.07) is 7.83. The van der Waals surface area contributed by atoms with Gasteiger partial charge in [-0.2, -0.15) is 0 Å². The maximum atomic E-state index is 10.9. The average Bonchev–Trinajstić information content (AvgIpc) is 2.69. The molecule has 0 aliphatic heterocycles. The van der Waals surface area contributed by atoms with Crippen LogP contribution in [0.4, 0.5) is 0 Å². The van der Waals surface area contributed by atoms with Crippen LogP contribution >= 0.6 is 15.9 Å². The van der Waals surface area contributed by atoms with Gasteiger partial charge in [0.1, 0.15) is 0 Å². The molecular formula is C12H10BrHgNO3. The van der Waals surface area contributed by atoms with Crippen molar-refractivity contribution < 1.29 is 36.9 Å². The molecule has 2 aromatic rings. The van der Waals surface area contributed by atoms with Crippen molar-refractivity contribution in [2.24, 2.45) is 0 Å². The number of carbonyl (C=O) groups excluding carboxylic acids is 1. The molecule has 0 atom stereocenters. The van der Waals surface area contributed by atoms with E-state index in [0.717, 1.165) is 19.0 Å². The third kappa shape index (κ3) is 3.41. The van der Waals surface area contributed by atoms with Crippen molar-refractivity contribution in [1.29, 1.82) is 0 Å². The Hall–Kier alpha value is -0.685. The van der Waals surface area contributed by atoms with Crippen molar-refractivity contribution in [3.05, 3.63) is 34.6 Å². The number of hydrogen-bond acceptors (Lipinski definition) is 4. The Kier molecular flexibility index (Phi) is 4.56. The number of nitrogens with zero attached hydrogens (tertiary/aromatic N) is 1. The Morgan fingerprint density at radius 3 is 2.67 bits per heavy atom. The summed E-state index contributed by atoms with van der Waals surface area (Å²) >= 11 is 1.40. The van der Waals surface area contributed by atoms with Gasteiger partial charge in [-0.3, -0.25) is 0 Å². The zero-order valence-corrected chi connectivity index (χ0v) is 17.2. The standard InChI is InChI=1S/C10H7BrNO.C2H4O2.Hg/c1-7-12-10(6-13-7)8-2-4-9(11)5-3-8;1-2(3)4;/h2-5H,1H3;1H3,(H,3,4);/q;;+1/p-1. The van der Waals surface area contributed by atoms with Gasteiger partial charge in [-0.15, -0.1) is 0 Å². The van der Waals surface area contributed by atoms with Gasteiger partial charge in [-0.05, 0) is 0 Å². The first-order chi connectivity index (χ1) is 8.56. The number of aromatic nitrogens is 1. The van der Waals surface area contributed by atoms with E-state index in [9.17, 15) is 4.79 Å². The number of halogens is 1. The predicted octanol–water partition coefficient (Wildman–Crippen LogP) is 2.60. The summed E-state index contributed by atoms with van der Waals surface area (Å²) in [7, 11) is 0. The van der Waals surface area contributed by atoms with Crippen LogP contribution in [0.1, 0.15) is 12.8 Å². The zero-order chi connectivity index (χ0) is 13.1. The Morgan fingerprint density at radius 1 is 1.39 bits per heavy atom. The molecule has 0 aliphatic carbocycles. The SMILES string of the molecule is CC(=O)[O][Hg][c]1oc(C)nc1-c1ccc(Br)cc1. The number of hydrogen-bond donors (Lipinski definition) is 0. The normalized spacial score (nSPS) is 9.94. The second-order valence-corrected chi connectivity index (χ2v) is 9.45. The van der Waals surface area contributed by atoms with Crippen molar-refractivity contribution in [3.63, 3.8) is 0 Å². The Labute approximate surface area is 126 Å². The van der Waals surface area contributed by atoms with E-state index in [4.69, 9.17) is 7.06 Å². The molecule has 6 heteroatoms. The molecule has 0 N–H and O–H groups in total. The van der Waals surface area contributed by atoms with Crippen LogP contribution in [0.25, 0.3) is 11.3 Å². The van der Waals surface area contributed by atoms with E-state index in [1.54, 1.807) is 6.92 Å². The van der Waals surface area contributed by atoms with Gasteiger partial charge in [-0.1, -0.05) is 0 Å². The van der Waals surface area contributed by atoms with Crippen molar-refractivity contribution in [3.8, 4) is 11.3 Å². The second-order valence-electron chi connectivity index (χ2n) is 3.79. The van der Waals surface area contributed by atoms with Gasteiger partial charge in [0.2, 0.25) is 0 Å². The van der Waals surface area contributed by atoms with Crippen LogP contribution in [0, 0.1) is 6.92 Å². The predicted molar refractivity (Wildman–Crippen MR) is 65.8 cm³/mol. The van der Waals surface area contributed by atoms with Crippen LogP contribution < -0.4 is 3.27 Å². The quantitative estimate of drug-likeness (QED) is 0.613. The van der Waals surface area contributed by atoms with Crippen molar-refractivity contribution in [2.75, 3.05) is 0 Å². The van der Waals surface area contributed by atoms with Crippen LogP contribution in [0.15, 0.2) is 33.2 Å². The molecule has 0 aliphatic rings. The summed E-state index contributed by atoms with van der Waals surface area (Å²) in [6.45, 7) is 3.22. The molecule has 0 fully saturated rings. The molecule has 0 amide bonds. The zero-order valence-electron chi connectivity index (χ0n) is 10.1. The fraction of sp³-hybridized carbons (Fsp3) is 0.167. The third-order valence-corrected chi connectivity index (χ3v) is 7.88. The average molecular weight is 497 g/mol. The number of oxazole rings is 1. The third-order valence-electron chi connectivity index (χ3n) is 2.33. The second kappa shape index (κ2) is 5.97. The van der Waals surface area contributed by atoms with Crippen LogP contribution in [0.3, 0.4) is 0 Å². The first kappa shape index (κ1) is 13.7. The summed E-state index contributed by atoms with van der Waals surface area (Å²) in [5.74, 6) is 0.363. The molecule has 2 rings (SSSR count). The molecule has 1 heterocycles. The molecule has 0 saturated heterocycles. The first-order valence-electron chi connectivity index (χ1n) is 5.42. The van der Waals surface area contributed by atoms with Gasteiger partial charge in [0, 0.05) is 0 Å². The molecule has 1 aromatic heterocycles. The topological polar surface area (TPSA) is 52.3 Å². The van der Waals surface area contributed by atoms with Gasteiger partial charge in [0.05, 0.1) is 0 Å². The minimum absolute atomic E-state index is 0.243. The fourth-order valence-corrected chi connectivity index (χ4v) is 5.81. The van der Waals surface area contributed by atoms with E-state index in [2.05, 4.69) is 20.9 Å². The van der Waals surface area contributed by atoms with E-state index in [1.807, 2.05) is 24.3 Å². The number of aryl methyl sites for hydroxylation is 1. The van der Waals surface area contributed by atoms with E-state index in [-0.39, 0.29) is 5.97 Å². The maximum absolute atomic E-state index is 10.9. The summed E-state index contributed by atoms with van der Waals surface area (Å²) in [5, 5.41) is 0. The summed E-state index contributed by atoms with van der Waals surface area (Å²) < 4.78 is 12.5. The summed E-state index contributed by atoms with van der Waals surface area (Å²) in [5.41, 5.74) is 1.79. The first-order valence-corrected chi connectivity index (χ1v) is 11.2. The molecule has 0 radical (unpaired) electrons. The Balaban J connectivity index is 2.31. The molecule has 4 nitrogen and oxygen atoms in total. The van der Waals surface area contributed by atoms with Crippen LogP contribution in [0.2, 0.25) is 0 Å². The summed E-state index contributed by atoms with van der Waals surface area (Å²) in [6.07, 6.45) is 0. The Morgan fingerprint density at radius 2 is 2.06 bits per heavy atom. The van der Waals surface area contributed by atoms with Crippen molar-refractivity contribution in [1.82, 2.24) is 4.98 Å². The fourth-order valence-electron chi connectivity index (χ4n) is 1.57. The monoisotopic (exact) mass is 497 g/mol. The number of rotatable bonds is 3. The molecule has 90 valence electrons. The van der Waals surface area contributed by atoms with E-state index < -0.39 is 25.0 Å². The minimum atomic E-state index is -2.00. The van der Waals surface area contributed by atoms with Crippen molar-refractivity contribution >= 4 is 25.2 Å². The van der Waals surface area contributed by atoms with E-state index in [1.165, 1.54) is 6.92 Å². The Bertz CT molecular complexity index is 565. The molecule has 0 spiro atoms. The molecule has 18 heavy (non-hydrogen) atoms.